The zero-order chi connectivity index (χ0) is 22.9. The minimum Gasteiger partial charge on any atom is -0.497 e. The Labute approximate surface area is 198 Å². The molecule has 0 N–H and O–H groups in total. The molecule has 1 unspecified atom stereocenters. The predicted molar refractivity (Wildman–Crippen MR) is 137 cm³/mol. The van der Waals surface area contributed by atoms with Crippen molar-refractivity contribution < 1.29 is 4.74 Å². The Morgan fingerprint density at radius 1 is 0.818 bits per heavy atom. The topological polar surface area (TPSA) is 48.5 Å². The number of fused-ring (bicyclic) bond motifs is 1. The molecule has 0 saturated carbocycles. The molecule has 0 fully saturated rings. The number of halogens is 1. The van der Waals surface area contributed by atoms with Crippen molar-refractivity contribution in [2.75, 3.05) is 13.8 Å². The summed E-state index contributed by atoms with van der Waals surface area (Å²) in [4.78, 5) is 18.7. The van der Waals surface area contributed by atoms with Crippen molar-refractivity contribution in [3.05, 3.63) is 100 Å². The summed E-state index contributed by atoms with van der Waals surface area (Å²) in [6.07, 6.45) is 0. The lowest BCUT2D eigenvalue weighted by Crippen LogP contribution is -2.21. The molecule has 0 aliphatic carbocycles. The highest BCUT2D eigenvalue weighted by molar-refractivity contribution is 7.35. The maximum atomic E-state index is 13.9. The van der Waals surface area contributed by atoms with E-state index in [4.69, 9.17) is 21.3 Å². The molecule has 0 amide bonds. The predicted octanol–water partition coefficient (Wildman–Crippen LogP) is 6.23. The van der Waals surface area contributed by atoms with Gasteiger partial charge in [-0.2, -0.15) is 4.52 Å². The third kappa shape index (κ3) is 3.64. The fourth-order valence-electron chi connectivity index (χ4n) is 4.09. The summed E-state index contributed by atoms with van der Waals surface area (Å²) in [5.74, 6) is 0.708. The molecule has 5 rings (SSSR count). The van der Waals surface area contributed by atoms with Gasteiger partial charge in [-0.25, -0.2) is 4.98 Å². The molecule has 5 nitrogen and oxygen atoms in total. The largest absolute Gasteiger partial charge is 0.497 e. The average molecular weight is 474 g/mol. The van der Waals surface area contributed by atoms with Gasteiger partial charge in [-0.05, 0) is 38.7 Å². The van der Waals surface area contributed by atoms with Crippen molar-refractivity contribution in [1.82, 2.24) is 14.0 Å². The van der Waals surface area contributed by atoms with Crippen LogP contribution in [0.5, 0.6) is 5.75 Å². The molecule has 0 aliphatic rings. The first-order valence-electron chi connectivity index (χ1n) is 10.4. The molecule has 0 aliphatic heterocycles. The maximum absolute atomic E-state index is 13.9. The number of nitrogens with zero attached hydrogens (tertiary/aromatic N) is 3. The van der Waals surface area contributed by atoms with Gasteiger partial charge in [0, 0.05) is 5.56 Å². The second kappa shape index (κ2) is 8.86. The second-order valence-electron chi connectivity index (χ2n) is 7.44. The van der Waals surface area contributed by atoms with Crippen LogP contribution >= 0.6 is 20.3 Å². The van der Waals surface area contributed by atoms with Gasteiger partial charge in [0.15, 0.2) is 5.65 Å². The lowest BCUT2D eigenvalue weighted by atomic mass is 10.0. The molecule has 2 heterocycles. The highest BCUT2D eigenvalue weighted by Crippen LogP contribution is 2.40. The quantitative estimate of drug-likeness (QED) is 0.224. The van der Waals surface area contributed by atoms with Gasteiger partial charge < -0.3 is 4.74 Å². The SMILES string of the molecule is COc1ccc(-c2c(Cl)nc3c(-c4ccccc4)c(-c4ccccc4)n(PC)n3c2=O)cc1. The normalized spacial score (nSPS) is 11.5. The Morgan fingerprint density at radius 3 is 1.97 bits per heavy atom. The summed E-state index contributed by atoms with van der Waals surface area (Å²) in [5.41, 5.74) is 5.22. The summed E-state index contributed by atoms with van der Waals surface area (Å²) < 4.78 is 8.92. The van der Waals surface area contributed by atoms with Gasteiger partial charge in [0.25, 0.3) is 5.56 Å². The number of hydrogen-bond donors (Lipinski definition) is 0. The summed E-state index contributed by atoms with van der Waals surface area (Å²) in [7, 11) is 1.90. The number of ether oxygens (including phenoxy) is 1. The summed E-state index contributed by atoms with van der Waals surface area (Å²) >= 11 is 6.66. The molecule has 5 aromatic rings. The van der Waals surface area contributed by atoms with Crippen LogP contribution in [0.2, 0.25) is 5.15 Å². The van der Waals surface area contributed by atoms with Crippen molar-refractivity contribution in [2.45, 2.75) is 0 Å². The van der Waals surface area contributed by atoms with Crippen LogP contribution in [0.25, 0.3) is 39.2 Å². The molecular formula is C26H21ClN3O2P. The number of benzene rings is 3. The van der Waals surface area contributed by atoms with E-state index in [1.54, 1.807) is 11.6 Å². The van der Waals surface area contributed by atoms with Crippen LogP contribution in [0.4, 0.5) is 0 Å². The Kier molecular flexibility index (Phi) is 5.76. The zero-order valence-electron chi connectivity index (χ0n) is 18.1. The number of hydrogen-bond acceptors (Lipinski definition) is 3. The van der Waals surface area contributed by atoms with Crippen LogP contribution in [0.15, 0.2) is 89.7 Å². The van der Waals surface area contributed by atoms with Crippen molar-refractivity contribution in [3.63, 3.8) is 0 Å². The second-order valence-corrected chi connectivity index (χ2v) is 8.67. The van der Waals surface area contributed by atoms with Crippen molar-refractivity contribution in [2.24, 2.45) is 0 Å². The van der Waals surface area contributed by atoms with Gasteiger partial charge >= 0.3 is 0 Å². The molecule has 7 heteroatoms. The molecule has 0 bridgehead atoms. The highest BCUT2D eigenvalue weighted by atomic mass is 35.5. The van der Waals surface area contributed by atoms with Crippen molar-refractivity contribution >= 4 is 26.0 Å². The summed E-state index contributed by atoms with van der Waals surface area (Å²) in [6, 6.07) is 27.4. The zero-order valence-corrected chi connectivity index (χ0v) is 19.9. The Bertz CT molecular complexity index is 1490. The van der Waals surface area contributed by atoms with E-state index in [-0.39, 0.29) is 10.7 Å². The monoisotopic (exact) mass is 473 g/mol. The van der Waals surface area contributed by atoms with E-state index < -0.39 is 0 Å². The molecule has 0 saturated heterocycles. The van der Waals surface area contributed by atoms with E-state index in [1.807, 2.05) is 89.4 Å². The molecule has 0 radical (unpaired) electrons. The van der Waals surface area contributed by atoms with E-state index in [0.717, 1.165) is 22.4 Å². The van der Waals surface area contributed by atoms with Gasteiger partial charge in [0.05, 0.1) is 23.9 Å². The van der Waals surface area contributed by atoms with Gasteiger partial charge in [-0.15, -0.1) is 0 Å². The fourth-order valence-corrected chi connectivity index (χ4v) is 5.21. The standard InChI is InChI=1S/C26H21ClN3O2P/c1-32-20-15-13-18(14-16-20)22-24(27)28-25-21(17-9-5-3-6-10-17)23(19-11-7-4-8-12-19)30(33-2)29(25)26(22)31/h3-16,33H,1-2H3. The lowest BCUT2D eigenvalue weighted by Gasteiger charge is -2.10. The molecule has 0 spiro atoms. The van der Waals surface area contributed by atoms with Crippen LogP contribution in [0, 0.1) is 0 Å². The lowest BCUT2D eigenvalue weighted by molar-refractivity contribution is 0.415. The van der Waals surface area contributed by atoms with E-state index >= 15 is 0 Å². The van der Waals surface area contributed by atoms with Crippen LogP contribution < -0.4 is 10.3 Å². The maximum Gasteiger partial charge on any atom is 0.282 e. The minimum absolute atomic E-state index is 0.179. The molecule has 1 atom stereocenters. The van der Waals surface area contributed by atoms with E-state index in [9.17, 15) is 4.79 Å². The molecule has 164 valence electrons. The highest BCUT2D eigenvalue weighted by Gasteiger charge is 2.25. The number of rotatable bonds is 5. The third-order valence-electron chi connectivity index (χ3n) is 5.59. The molecule has 3 aromatic carbocycles. The smallest absolute Gasteiger partial charge is 0.282 e. The van der Waals surface area contributed by atoms with Gasteiger partial charge in [-0.1, -0.05) is 84.4 Å². The minimum atomic E-state index is -0.205. The van der Waals surface area contributed by atoms with Gasteiger partial charge in [0.1, 0.15) is 10.9 Å². The number of methoxy groups -OCH3 is 1. The molecule has 2 aromatic heterocycles. The first kappa shape index (κ1) is 21.4. The van der Waals surface area contributed by atoms with Gasteiger partial charge in [0.2, 0.25) is 0 Å². The molecular weight excluding hydrogens is 453 g/mol. The van der Waals surface area contributed by atoms with Crippen molar-refractivity contribution in [3.8, 4) is 39.3 Å². The summed E-state index contributed by atoms with van der Waals surface area (Å²) in [6.45, 7) is 2.05. The Morgan fingerprint density at radius 2 is 1.39 bits per heavy atom. The van der Waals surface area contributed by atoms with Crippen LogP contribution in [-0.2, 0) is 0 Å². The number of aromatic nitrogens is 3. The third-order valence-corrected chi connectivity index (χ3v) is 6.71. The Balaban J connectivity index is 1.90. The van der Waals surface area contributed by atoms with E-state index in [2.05, 4.69) is 6.66 Å². The van der Waals surface area contributed by atoms with E-state index in [0.29, 0.717) is 31.3 Å². The molecule has 33 heavy (non-hydrogen) atoms. The fraction of sp³-hybridized carbons (Fsp3) is 0.0769. The first-order chi connectivity index (χ1) is 16.1. The average Bonchev–Trinajstić information content (AvgIpc) is 3.19. The van der Waals surface area contributed by atoms with Crippen LogP contribution in [0.3, 0.4) is 0 Å². The van der Waals surface area contributed by atoms with Crippen LogP contribution in [0.1, 0.15) is 0 Å². The van der Waals surface area contributed by atoms with Crippen molar-refractivity contribution in [1.29, 1.82) is 0 Å². The summed E-state index contributed by atoms with van der Waals surface area (Å²) in [5, 5.41) is 0.179. The van der Waals surface area contributed by atoms with Crippen LogP contribution in [-0.4, -0.2) is 27.7 Å². The first-order valence-corrected chi connectivity index (χ1v) is 12.3. The Hall–Kier alpha value is -3.40. The van der Waals surface area contributed by atoms with E-state index in [1.165, 1.54) is 0 Å². The van der Waals surface area contributed by atoms with Gasteiger partial charge in [-0.3, -0.25) is 9.25 Å².